The molecule has 1 fully saturated rings. The summed E-state index contributed by atoms with van der Waals surface area (Å²) < 4.78 is 0. The van der Waals surface area contributed by atoms with Crippen LogP contribution in [0.3, 0.4) is 0 Å². The Labute approximate surface area is 103 Å². The highest BCUT2D eigenvalue weighted by atomic mass is 14.9. The number of nitrogens with zero attached hydrogens (tertiary/aromatic N) is 1. The standard InChI is InChI=1S/C16H20N/c1-16(10-6-2-3-7-11-16)15-14-9-5-4-8-13(14)12-17-15/h4-5,8-9,12H,2-3,6-7,10-11H2,1H3. The van der Waals surface area contributed by atoms with E-state index in [1.54, 1.807) is 0 Å². The summed E-state index contributed by atoms with van der Waals surface area (Å²) in [7, 11) is 0. The molecule has 1 aromatic carbocycles. The van der Waals surface area contributed by atoms with E-state index in [9.17, 15) is 0 Å². The number of rotatable bonds is 1. The van der Waals surface area contributed by atoms with Gasteiger partial charge in [-0.2, -0.15) is 0 Å². The second-order valence-electron chi connectivity index (χ2n) is 5.67. The third kappa shape index (κ3) is 1.88. The highest BCUT2D eigenvalue weighted by Crippen LogP contribution is 2.40. The first kappa shape index (κ1) is 10.9. The lowest BCUT2D eigenvalue weighted by Crippen LogP contribution is -2.30. The molecule has 0 unspecified atom stereocenters. The lowest BCUT2D eigenvalue weighted by Gasteiger charge is -2.29. The van der Waals surface area contributed by atoms with Crippen molar-refractivity contribution >= 4 is 11.9 Å². The van der Waals surface area contributed by atoms with Gasteiger partial charge in [-0.05, 0) is 12.8 Å². The van der Waals surface area contributed by atoms with Crippen molar-refractivity contribution in [3.05, 3.63) is 34.7 Å². The fourth-order valence-electron chi connectivity index (χ4n) is 3.26. The molecule has 0 aromatic heterocycles. The quantitative estimate of drug-likeness (QED) is 0.653. The Morgan fingerprint density at radius 3 is 2.47 bits per heavy atom. The number of benzene rings is 1. The van der Waals surface area contributed by atoms with Crippen LogP contribution in [0, 0.1) is 5.41 Å². The van der Waals surface area contributed by atoms with Crippen LogP contribution in [0.2, 0.25) is 0 Å². The summed E-state index contributed by atoms with van der Waals surface area (Å²) in [6.07, 6.45) is 10.2. The molecule has 0 spiro atoms. The third-order valence-corrected chi connectivity index (χ3v) is 4.33. The third-order valence-electron chi connectivity index (χ3n) is 4.33. The summed E-state index contributed by atoms with van der Waals surface area (Å²) in [5.41, 5.74) is 1.65. The second kappa shape index (κ2) is 4.21. The van der Waals surface area contributed by atoms with Crippen LogP contribution >= 0.6 is 0 Å². The van der Waals surface area contributed by atoms with E-state index in [1.807, 2.05) is 6.20 Å². The van der Waals surface area contributed by atoms with Gasteiger partial charge >= 0.3 is 0 Å². The lowest BCUT2D eigenvalue weighted by molar-refractivity contribution is 0.373. The molecule has 2 aliphatic rings. The van der Waals surface area contributed by atoms with Crippen LogP contribution in [0.15, 0.2) is 24.3 Å². The zero-order chi connectivity index (χ0) is 11.7. The van der Waals surface area contributed by atoms with E-state index in [1.165, 1.54) is 54.7 Å². The van der Waals surface area contributed by atoms with E-state index in [-0.39, 0.29) is 0 Å². The average molecular weight is 226 g/mol. The van der Waals surface area contributed by atoms with Crippen molar-refractivity contribution < 1.29 is 0 Å². The van der Waals surface area contributed by atoms with E-state index in [0.717, 1.165) is 0 Å². The Hall–Kier alpha value is -1.24. The van der Waals surface area contributed by atoms with Crippen molar-refractivity contribution in [1.29, 1.82) is 0 Å². The molecule has 1 aliphatic carbocycles. The molecule has 89 valence electrons. The minimum absolute atomic E-state index is 0.305. The largest absolute Gasteiger partial charge is 0.259 e. The van der Waals surface area contributed by atoms with Gasteiger partial charge in [0, 0.05) is 22.1 Å². The molecule has 1 radical (unpaired) electrons. The summed E-state index contributed by atoms with van der Waals surface area (Å²) in [5, 5.41) is 7.40. The Bertz CT molecular complexity index is 519. The van der Waals surface area contributed by atoms with Crippen molar-refractivity contribution in [3.8, 4) is 0 Å². The van der Waals surface area contributed by atoms with Crippen LogP contribution < -0.4 is 15.8 Å². The Morgan fingerprint density at radius 2 is 1.71 bits per heavy atom. The van der Waals surface area contributed by atoms with E-state index in [0.29, 0.717) is 5.41 Å². The van der Waals surface area contributed by atoms with Crippen molar-refractivity contribution in [2.45, 2.75) is 45.4 Å². The molecule has 1 heteroatoms. The molecule has 1 nitrogen and oxygen atoms in total. The lowest BCUT2D eigenvalue weighted by atomic mass is 9.79. The van der Waals surface area contributed by atoms with Gasteiger partial charge in [-0.25, -0.2) is 0 Å². The number of hydrogen-bond acceptors (Lipinski definition) is 0. The molecule has 0 N–H and O–H groups in total. The molecule has 1 aromatic rings. The van der Waals surface area contributed by atoms with Crippen LogP contribution in [0.4, 0.5) is 0 Å². The Kier molecular flexibility index (Phi) is 2.70. The molecule has 1 aliphatic heterocycles. The topological polar surface area (TPSA) is 14.1 Å². The zero-order valence-corrected chi connectivity index (χ0v) is 10.6. The maximum atomic E-state index is 4.73. The molecule has 0 saturated heterocycles. The smallest absolute Gasteiger partial charge is 0.0541 e. The van der Waals surface area contributed by atoms with E-state index < -0.39 is 0 Å². The van der Waals surface area contributed by atoms with Crippen LogP contribution in [-0.4, -0.2) is 0 Å². The summed E-state index contributed by atoms with van der Waals surface area (Å²) in [4.78, 5) is 0. The Morgan fingerprint density at radius 1 is 1.00 bits per heavy atom. The first-order valence-electron chi connectivity index (χ1n) is 6.80. The maximum absolute atomic E-state index is 4.73. The Balaban J connectivity index is 2.08. The summed E-state index contributed by atoms with van der Waals surface area (Å²) in [6.45, 7) is 2.41. The predicted molar refractivity (Wildman–Crippen MR) is 71.5 cm³/mol. The van der Waals surface area contributed by atoms with E-state index in [2.05, 4.69) is 31.2 Å². The fraction of sp³-hybridized carbons (Fsp3) is 0.500. The minimum Gasteiger partial charge on any atom is -0.259 e. The molecular formula is C16H20N. The monoisotopic (exact) mass is 226 g/mol. The van der Waals surface area contributed by atoms with Crippen molar-refractivity contribution in [2.24, 2.45) is 5.41 Å². The van der Waals surface area contributed by atoms with Gasteiger partial charge in [0.2, 0.25) is 0 Å². The van der Waals surface area contributed by atoms with E-state index in [4.69, 9.17) is 5.32 Å². The molecule has 17 heavy (non-hydrogen) atoms. The van der Waals surface area contributed by atoms with Gasteiger partial charge in [0.05, 0.1) is 5.70 Å². The molecule has 1 saturated carbocycles. The van der Waals surface area contributed by atoms with Crippen molar-refractivity contribution in [2.75, 3.05) is 0 Å². The van der Waals surface area contributed by atoms with Crippen LogP contribution in [-0.2, 0) is 0 Å². The molecule has 3 rings (SSSR count). The summed E-state index contributed by atoms with van der Waals surface area (Å²) in [6, 6.07) is 8.64. The minimum atomic E-state index is 0.305. The number of fused-ring (bicyclic) bond motifs is 1. The van der Waals surface area contributed by atoms with Gasteiger partial charge in [0.1, 0.15) is 0 Å². The van der Waals surface area contributed by atoms with Gasteiger partial charge in [0.25, 0.3) is 0 Å². The van der Waals surface area contributed by atoms with Gasteiger partial charge in [-0.15, -0.1) is 0 Å². The number of hydrogen-bond donors (Lipinski definition) is 0. The first-order chi connectivity index (χ1) is 8.30. The molecule has 0 amide bonds. The van der Waals surface area contributed by atoms with Crippen LogP contribution in [0.5, 0.6) is 0 Å². The molecular weight excluding hydrogens is 206 g/mol. The molecule has 1 heterocycles. The summed E-state index contributed by atoms with van der Waals surface area (Å²) in [5.74, 6) is 0. The average Bonchev–Trinajstić information content (AvgIpc) is 2.67. The van der Waals surface area contributed by atoms with E-state index >= 15 is 0 Å². The zero-order valence-electron chi connectivity index (χ0n) is 10.6. The highest BCUT2D eigenvalue weighted by Gasteiger charge is 2.32. The van der Waals surface area contributed by atoms with Gasteiger partial charge < -0.3 is 0 Å². The maximum Gasteiger partial charge on any atom is 0.0541 e. The molecule has 0 atom stereocenters. The SMILES string of the molecule is CC1(C2=c3ccccc3=C[N]2)CCCCCC1. The van der Waals surface area contributed by atoms with Crippen LogP contribution in [0.25, 0.3) is 11.9 Å². The predicted octanol–water partition coefficient (Wildman–Crippen LogP) is 2.51. The molecule has 0 bridgehead atoms. The highest BCUT2D eigenvalue weighted by molar-refractivity contribution is 5.59. The van der Waals surface area contributed by atoms with Crippen LogP contribution in [0.1, 0.15) is 45.4 Å². The fourth-order valence-corrected chi connectivity index (χ4v) is 3.26. The first-order valence-corrected chi connectivity index (χ1v) is 6.80. The van der Waals surface area contributed by atoms with Gasteiger partial charge in [-0.3, -0.25) is 5.32 Å². The van der Waals surface area contributed by atoms with Gasteiger partial charge in [-0.1, -0.05) is 56.9 Å². The second-order valence-corrected chi connectivity index (χ2v) is 5.67. The normalized spacial score (nSPS) is 22.3. The van der Waals surface area contributed by atoms with Crippen molar-refractivity contribution in [3.63, 3.8) is 0 Å². The van der Waals surface area contributed by atoms with Crippen molar-refractivity contribution in [1.82, 2.24) is 5.32 Å². The van der Waals surface area contributed by atoms with Gasteiger partial charge in [0.15, 0.2) is 0 Å². The summed E-state index contributed by atoms with van der Waals surface area (Å²) >= 11 is 0.